The summed E-state index contributed by atoms with van der Waals surface area (Å²) in [5.74, 6) is 0.753. The minimum absolute atomic E-state index is 0.0530. The van der Waals surface area contributed by atoms with Crippen LogP contribution in [0, 0.1) is 5.92 Å². The number of thiazole rings is 1. The van der Waals surface area contributed by atoms with Crippen LogP contribution >= 0.6 is 11.3 Å². The SMILES string of the molecule is CC(C)NCC1CCN(Cc2csc(=O)[nH]2)C1. The summed E-state index contributed by atoms with van der Waals surface area (Å²) in [5, 5.41) is 5.43. The predicted octanol–water partition coefficient (Wildman–Crippen LogP) is 1.26. The Morgan fingerprint density at radius 1 is 1.65 bits per heavy atom. The molecule has 2 rings (SSSR count). The van der Waals surface area contributed by atoms with Gasteiger partial charge in [0.15, 0.2) is 0 Å². The number of nitrogens with one attached hydrogen (secondary N) is 2. The van der Waals surface area contributed by atoms with Gasteiger partial charge in [-0.3, -0.25) is 9.69 Å². The van der Waals surface area contributed by atoms with Crippen LogP contribution in [0.15, 0.2) is 10.2 Å². The fraction of sp³-hybridized carbons (Fsp3) is 0.750. The summed E-state index contributed by atoms with van der Waals surface area (Å²) in [4.78, 5) is 16.4. The van der Waals surface area contributed by atoms with Crippen LogP contribution < -0.4 is 10.2 Å². The third-order valence-corrected chi connectivity index (χ3v) is 3.87. The van der Waals surface area contributed by atoms with E-state index in [-0.39, 0.29) is 4.87 Å². The third kappa shape index (κ3) is 3.94. The Morgan fingerprint density at radius 3 is 3.12 bits per heavy atom. The smallest absolute Gasteiger partial charge is 0.304 e. The molecule has 1 aromatic rings. The summed E-state index contributed by atoms with van der Waals surface area (Å²) in [5.41, 5.74) is 1.05. The molecule has 4 nitrogen and oxygen atoms in total. The van der Waals surface area contributed by atoms with Gasteiger partial charge < -0.3 is 10.3 Å². The molecule has 0 amide bonds. The summed E-state index contributed by atoms with van der Waals surface area (Å²) in [6.45, 7) is 8.64. The molecular formula is C12H21N3OS. The monoisotopic (exact) mass is 255 g/mol. The fourth-order valence-corrected chi connectivity index (χ4v) is 2.83. The number of H-pyrrole nitrogens is 1. The van der Waals surface area contributed by atoms with Crippen LogP contribution in [-0.4, -0.2) is 35.6 Å². The normalized spacial score (nSPS) is 21.5. The number of likely N-dealkylation sites (tertiary alicyclic amines) is 1. The first kappa shape index (κ1) is 12.8. The predicted molar refractivity (Wildman–Crippen MR) is 71.5 cm³/mol. The maximum absolute atomic E-state index is 11.0. The molecule has 1 aliphatic rings. The van der Waals surface area contributed by atoms with Crippen molar-refractivity contribution in [3.63, 3.8) is 0 Å². The van der Waals surface area contributed by atoms with Gasteiger partial charge in [0.2, 0.25) is 0 Å². The van der Waals surface area contributed by atoms with E-state index in [9.17, 15) is 4.79 Å². The molecule has 0 bridgehead atoms. The minimum atomic E-state index is 0.0530. The highest BCUT2D eigenvalue weighted by Gasteiger charge is 2.22. The summed E-state index contributed by atoms with van der Waals surface area (Å²) in [6, 6.07) is 0.567. The van der Waals surface area contributed by atoms with Gasteiger partial charge >= 0.3 is 4.87 Å². The largest absolute Gasteiger partial charge is 0.315 e. The average molecular weight is 255 g/mol. The second-order valence-electron chi connectivity index (χ2n) is 5.13. The number of aromatic nitrogens is 1. The second-order valence-corrected chi connectivity index (χ2v) is 5.97. The van der Waals surface area contributed by atoms with Gasteiger partial charge in [0.1, 0.15) is 0 Å². The quantitative estimate of drug-likeness (QED) is 0.832. The molecule has 0 spiro atoms. The molecule has 2 N–H and O–H groups in total. The van der Waals surface area contributed by atoms with Crippen molar-refractivity contribution >= 4 is 11.3 Å². The van der Waals surface area contributed by atoms with Crippen LogP contribution in [0.3, 0.4) is 0 Å². The minimum Gasteiger partial charge on any atom is -0.315 e. The first-order valence-corrected chi connectivity index (χ1v) is 7.14. The van der Waals surface area contributed by atoms with Crippen molar-refractivity contribution in [2.75, 3.05) is 19.6 Å². The zero-order valence-corrected chi connectivity index (χ0v) is 11.3. The molecule has 0 aromatic carbocycles. The molecule has 0 radical (unpaired) electrons. The fourth-order valence-electron chi connectivity index (χ4n) is 2.26. The molecule has 0 aliphatic carbocycles. The van der Waals surface area contributed by atoms with Crippen LogP contribution in [0.25, 0.3) is 0 Å². The highest BCUT2D eigenvalue weighted by atomic mass is 32.1. The molecule has 1 saturated heterocycles. The van der Waals surface area contributed by atoms with Crippen LogP contribution in [0.4, 0.5) is 0 Å². The number of hydrogen-bond acceptors (Lipinski definition) is 4. The Balaban J connectivity index is 1.76. The van der Waals surface area contributed by atoms with E-state index in [1.165, 1.54) is 17.8 Å². The standard InChI is InChI=1S/C12H21N3OS/c1-9(2)13-5-10-3-4-15(6-10)7-11-8-17-12(16)14-11/h8-10,13H,3-7H2,1-2H3,(H,14,16). The Hall–Kier alpha value is -0.650. The summed E-state index contributed by atoms with van der Waals surface area (Å²) in [6.07, 6.45) is 1.26. The van der Waals surface area contributed by atoms with E-state index in [0.717, 1.165) is 37.8 Å². The van der Waals surface area contributed by atoms with Crippen molar-refractivity contribution in [2.24, 2.45) is 5.92 Å². The number of rotatable bonds is 5. The zero-order valence-electron chi connectivity index (χ0n) is 10.5. The maximum atomic E-state index is 11.0. The molecule has 1 aromatic heterocycles. The Bertz CT molecular complexity index is 398. The molecular weight excluding hydrogens is 234 g/mol. The van der Waals surface area contributed by atoms with Gasteiger partial charge in [0.05, 0.1) is 0 Å². The Kier molecular flexibility index (Phi) is 4.36. The van der Waals surface area contributed by atoms with Gasteiger partial charge in [-0.15, -0.1) is 0 Å². The van der Waals surface area contributed by atoms with Crippen LogP contribution in [0.1, 0.15) is 26.0 Å². The van der Waals surface area contributed by atoms with Gasteiger partial charge in [-0.05, 0) is 25.4 Å². The van der Waals surface area contributed by atoms with Gasteiger partial charge in [-0.25, -0.2) is 0 Å². The molecule has 96 valence electrons. The zero-order chi connectivity index (χ0) is 12.3. The topological polar surface area (TPSA) is 48.1 Å². The van der Waals surface area contributed by atoms with Crippen LogP contribution in [-0.2, 0) is 6.54 Å². The van der Waals surface area contributed by atoms with E-state index >= 15 is 0 Å². The highest BCUT2D eigenvalue weighted by molar-refractivity contribution is 7.07. The number of nitrogens with zero attached hydrogens (tertiary/aromatic N) is 1. The number of hydrogen-bond donors (Lipinski definition) is 2. The first-order chi connectivity index (χ1) is 8.13. The van der Waals surface area contributed by atoms with Crippen LogP contribution in [0.5, 0.6) is 0 Å². The molecule has 1 unspecified atom stereocenters. The molecule has 1 atom stereocenters. The van der Waals surface area contributed by atoms with Crippen molar-refractivity contribution < 1.29 is 0 Å². The first-order valence-electron chi connectivity index (χ1n) is 6.26. The van der Waals surface area contributed by atoms with Crippen molar-refractivity contribution in [1.29, 1.82) is 0 Å². The van der Waals surface area contributed by atoms with Gasteiger partial charge in [0, 0.05) is 30.2 Å². The van der Waals surface area contributed by atoms with E-state index in [1.54, 1.807) is 0 Å². The molecule has 0 saturated carbocycles. The van der Waals surface area contributed by atoms with E-state index in [4.69, 9.17) is 0 Å². The van der Waals surface area contributed by atoms with Gasteiger partial charge in [-0.2, -0.15) is 0 Å². The Labute approximate surface area is 106 Å². The lowest BCUT2D eigenvalue weighted by molar-refractivity contribution is 0.309. The molecule has 1 aliphatic heterocycles. The van der Waals surface area contributed by atoms with E-state index in [0.29, 0.717) is 6.04 Å². The lowest BCUT2D eigenvalue weighted by atomic mass is 10.1. The van der Waals surface area contributed by atoms with Crippen molar-refractivity contribution in [3.05, 3.63) is 20.7 Å². The molecule has 5 heteroatoms. The average Bonchev–Trinajstić information content (AvgIpc) is 2.86. The molecule has 17 heavy (non-hydrogen) atoms. The second kappa shape index (κ2) is 5.80. The van der Waals surface area contributed by atoms with Crippen molar-refractivity contribution in [2.45, 2.75) is 32.9 Å². The maximum Gasteiger partial charge on any atom is 0.304 e. The van der Waals surface area contributed by atoms with E-state index < -0.39 is 0 Å². The third-order valence-electron chi connectivity index (χ3n) is 3.15. The summed E-state index contributed by atoms with van der Waals surface area (Å²) in [7, 11) is 0. The number of aromatic amines is 1. The van der Waals surface area contributed by atoms with Crippen LogP contribution in [0.2, 0.25) is 0 Å². The van der Waals surface area contributed by atoms with E-state index in [1.807, 2.05) is 5.38 Å². The van der Waals surface area contributed by atoms with Crippen molar-refractivity contribution in [1.82, 2.24) is 15.2 Å². The molecule has 1 fully saturated rings. The summed E-state index contributed by atoms with van der Waals surface area (Å²) < 4.78 is 0. The van der Waals surface area contributed by atoms with Gasteiger partial charge in [-0.1, -0.05) is 25.2 Å². The van der Waals surface area contributed by atoms with E-state index in [2.05, 4.69) is 29.0 Å². The lowest BCUT2D eigenvalue weighted by Crippen LogP contribution is -2.30. The van der Waals surface area contributed by atoms with Gasteiger partial charge in [0.25, 0.3) is 0 Å². The highest BCUT2D eigenvalue weighted by Crippen LogP contribution is 2.17. The summed E-state index contributed by atoms with van der Waals surface area (Å²) >= 11 is 1.25. The van der Waals surface area contributed by atoms with Crippen molar-refractivity contribution in [3.8, 4) is 0 Å². The molecule has 2 heterocycles. The Morgan fingerprint density at radius 2 is 2.47 bits per heavy atom. The lowest BCUT2D eigenvalue weighted by Gasteiger charge is -2.16.